The Hall–Kier alpha value is -2.50. The van der Waals surface area contributed by atoms with Gasteiger partial charge in [-0.1, -0.05) is 41.9 Å². The smallest absolute Gasteiger partial charge is 0.290 e. The standard InChI is InChI=1S/C22H21ClN2O3/c1-27-18-9-16(23)7-14-8-19(28-21(14)18)22(26)25-12-15-10-24-11-17(15)20(25)13-5-3-2-4-6-13/h2-9,15,17,20,24H,10-12H2,1H3/t15-,17-,20+/m0/s1. The van der Waals surface area contributed by atoms with Crippen LogP contribution in [0.2, 0.25) is 5.02 Å². The fraction of sp³-hybridized carbons (Fsp3) is 0.318. The number of ether oxygens (including phenoxy) is 1. The highest BCUT2D eigenvalue weighted by atomic mass is 35.5. The fourth-order valence-corrected chi connectivity index (χ4v) is 4.91. The van der Waals surface area contributed by atoms with Crippen molar-refractivity contribution < 1.29 is 13.9 Å². The maximum atomic E-state index is 13.5. The van der Waals surface area contributed by atoms with Crippen LogP contribution in [0.1, 0.15) is 22.2 Å². The van der Waals surface area contributed by atoms with E-state index in [0.717, 1.165) is 25.0 Å². The molecule has 1 aromatic heterocycles. The molecule has 3 aromatic rings. The van der Waals surface area contributed by atoms with Crippen LogP contribution in [0.25, 0.3) is 11.0 Å². The minimum atomic E-state index is -0.0855. The van der Waals surface area contributed by atoms with Crippen molar-refractivity contribution in [2.24, 2.45) is 11.8 Å². The lowest BCUT2D eigenvalue weighted by molar-refractivity contribution is 0.0684. The van der Waals surface area contributed by atoms with Gasteiger partial charge in [-0.2, -0.15) is 0 Å². The van der Waals surface area contributed by atoms with Crippen LogP contribution in [0.4, 0.5) is 0 Å². The lowest BCUT2D eigenvalue weighted by Crippen LogP contribution is -2.34. The number of benzene rings is 2. The van der Waals surface area contributed by atoms with Crippen molar-refractivity contribution in [3.63, 3.8) is 0 Å². The third kappa shape index (κ3) is 2.77. The van der Waals surface area contributed by atoms with Crippen LogP contribution in [0, 0.1) is 11.8 Å². The van der Waals surface area contributed by atoms with Gasteiger partial charge in [0.15, 0.2) is 17.1 Å². The van der Waals surface area contributed by atoms with Crippen LogP contribution in [0.15, 0.2) is 52.9 Å². The summed E-state index contributed by atoms with van der Waals surface area (Å²) in [5.41, 5.74) is 1.72. The monoisotopic (exact) mass is 396 g/mol. The van der Waals surface area contributed by atoms with Crippen LogP contribution in [0.3, 0.4) is 0 Å². The van der Waals surface area contributed by atoms with Gasteiger partial charge in [-0.3, -0.25) is 4.79 Å². The summed E-state index contributed by atoms with van der Waals surface area (Å²) in [5, 5.41) is 4.79. The molecule has 3 heterocycles. The van der Waals surface area contributed by atoms with Crippen molar-refractivity contribution in [1.82, 2.24) is 10.2 Å². The number of carbonyl (C=O) groups excluding carboxylic acids is 1. The molecular formula is C22H21ClN2O3. The molecule has 3 atom stereocenters. The molecule has 1 amide bonds. The largest absolute Gasteiger partial charge is 0.493 e. The molecule has 2 aliphatic rings. The third-order valence-electron chi connectivity index (χ3n) is 5.94. The molecule has 0 aliphatic carbocycles. The van der Waals surface area contributed by atoms with E-state index in [1.54, 1.807) is 25.3 Å². The number of hydrogen-bond donors (Lipinski definition) is 1. The molecule has 28 heavy (non-hydrogen) atoms. The molecule has 0 unspecified atom stereocenters. The third-order valence-corrected chi connectivity index (χ3v) is 6.16. The number of furan rings is 1. The van der Waals surface area contributed by atoms with E-state index < -0.39 is 0 Å². The average molecular weight is 397 g/mol. The van der Waals surface area contributed by atoms with Gasteiger partial charge in [0, 0.05) is 42.0 Å². The van der Waals surface area contributed by atoms with Gasteiger partial charge in [0.1, 0.15) is 0 Å². The minimum absolute atomic E-state index is 0.0485. The number of rotatable bonds is 3. The molecule has 0 spiro atoms. The van der Waals surface area contributed by atoms with Crippen molar-refractivity contribution >= 4 is 28.5 Å². The Bertz CT molecular complexity index is 1030. The lowest BCUT2D eigenvalue weighted by Gasteiger charge is -2.27. The number of methoxy groups -OCH3 is 1. The van der Waals surface area contributed by atoms with Crippen molar-refractivity contribution in [1.29, 1.82) is 0 Å². The summed E-state index contributed by atoms with van der Waals surface area (Å²) in [6.07, 6.45) is 0. The highest BCUT2D eigenvalue weighted by Crippen LogP contribution is 2.43. The van der Waals surface area contributed by atoms with Gasteiger partial charge in [0.2, 0.25) is 0 Å². The number of likely N-dealkylation sites (tertiary alicyclic amines) is 1. The second-order valence-electron chi connectivity index (χ2n) is 7.53. The van der Waals surface area contributed by atoms with Crippen molar-refractivity contribution in [2.45, 2.75) is 6.04 Å². The van der Waals surface area contributed by atoms with E-state index in [4.69, 9.17) is 20.8 Å². The minimum Gasteiger partial charge on any atom is -0.493 e. The summed E-state index contributed by atoms with van der Waals surface area (Å²) in [6.45, 7) is 2.60. The van der Waals surface area contributed by atoms with Crippen LogP contribution in [-0.4, -0.2) is 37.6 Å². The number of halogens is 1. The first kappa shape index (κ1) is 17.6. The Labute approximate surface area is 168 Å². The molecule has 2 aliphatic heterocycles. The number of fused-ring (bicyclic) bond motifs is 2. The SMILES string of the molecule is COc1cc(Cl)cc2cc(C(=O)N3C[C@@H]4CNC[C@@H]4[C@H]3c3ccccc3)oc12. The molecule has 5 nitrogen and oxygen atoms in total. The van der Waals surface area contributed by atoms with Crippen LogP contribution in [-0.2, 0) is 0 Å². The quantitative estimate of drug-likeness (QED) is 0.723. The predicted molar refractivity (Wildman–Crippen MR) is 108 cm³/mol. The normalized spacial score (nSPS) is 23.9. The Morgan fingerprint density at radius 1 is 1.21 bits per heavy atom. The number of nitrogens with zero attached hydrogens (tertiary/aromatic N) is 1. The molecule has 6 heteroatoms. The van der Waals surface area contributed by atoms with E-state index in [1.807, 2.05) is 23.1 Å². The summed E-state index contributed by atoms with van der Waals surface area (Å²) in [7, 11) is 1.56. The summed E-state index contributed by atoms with van der Waals surface area (Å²) < 4.78 is 11.3. The average Bonchev–Trinajstić information content (AvgIpc) is 3.41. The Kier molecular flexibility index (Phi) is 4.29. The fourth-order valence-electron chi connectivity index (χ4n) is 4.69. The maximum Gasteiger partial charge on any atom is 0.290 e. The van der Waals surface area contributed by atoms with Crippen molar-refractivity contribution in [2.75, 3.05) is 26.7 Å². The van der Waals surface area contributed by atoms with Gasteiger partial charge >= 0.3 is 0 Å². The topological polar surface area (TPSA) is 54.7 Å². The molecule has 0 saturated carbocycles. The molecule has 5 rings (SSSR count). The number of nitrogens with one attached hydrogen (secondary N) is 1. The highest BCUT2D eigenvalue weighted by molar-refractivity contribution is 6.31. The van der Waals surface area contributed by atoms with Gasteiger partial charge in [-0.15, -0.1) is 0 Å². The molecule has 1 N–H and O–H groups in total. The van der Waals surface area contributed by atoms with Crippen LogP contribution >= 0.6 is 11.6 Å². The van der Waals surface area contributed by atoms with E-state index in [9.17, 15) is 4.79 Å². The number of hydrogen-bond acceptors (Lipinski definition) is 4. The van der Waals surface area contributed by atoms with E-state index in [2.05, 4.69) is 17.4 Å². The summed E-state index contributed by atoms with van der Waals surface area (Å²) in [4.78, 5) is 15.4. The lowest BCUT2D eigenvalue weighted by atomic mass is 9.89. The zero-order valence-corrected chi connectivity index (χ0v) is 16.3. The first-order chi connectivity index (χ1) is 13.7. The van der Waals surface area contributed by atoms with Crippen LogP contribution < -0.4 is 10.1 Å². The second-order valence-corrected chi connectivity index (χ2v) is 7.97. The Morgan fingerprint density at radius 3 is 2.82 bits per heavy atom. The molecule has 144 valence electrons. The summed E-state index contributed by atoms with van der Waals surface area (Å²) in [6, 6.07) is 15.6. The summed E-state index contributed by atoms with van der Waals surface area (Å²) in [5.74, 6) is 1.65. The molecule has 0 radical (unpaired) electrons. The van der Waals surface area contributed by atoms with Gasteiger partial charge in [-0.05, 0) is 23.6 Å². The van der Waals surface area contributed by atoms with Crippen molar-refractivity contribution in [3.8, 4) is 5.75 Å². The first-order valence-corrected chi connectivity index (χ1v) is 9.87. The van der Waals surface area contributed by atoms with Gasteiger partial charge in [-0.25, -0.2) is 0 Å². The Morgan fingerprint density at radius 2 is 2.04 bits per heavy atom. The zero-order valence-electron chi connectivity index (χ0n) is 15.5. The predicted octanol–water partition coefficient (Wildman–Crippen LogP) is 4.13. The molecule has 0 bridgehead atoms. The van der Waals surface area contributed by atoms with E-state index in [1.165, 1.54) is 5.56 Å². The van der Waals surface area contributed by atoms with Crippen LogP contribution in [0.5, 0.6) is 5.75 Å². The molecule has 2 aromatic carbocycles. The highest BCUT2D eigenvalue weighted by Gasteiger charge is 2.47. The van der Waals surface area contributed by atoms with Crippen molar-refractivity contribution in [3.05, 3.63) is 64.9 Å². The molecular weight excluding hydrogens is 376 g/mol. The zero-order chi connectivity index (χ0) is 19.3. The second kappa shape index (κ2) is 6.83. The van der Waals surface area contributed by atoms with Gasteiger partial charge in [0.05, 0.1) is 13.2 Å². The number of carbonyl (C=O) groups is 1. The molecule has 2 saturated heterocycles. The van der Waals surface area contributed by atoms with Gasteiger partial charge < -0.3 is 19.4 Å². The van der Waals surface area contributed by atoms with Gasteiger partial charge in [0.25, 0.3) is 5.91 Å². The Balaban J connectivity index is 1.54. The van der Waals surface area contributed by atoms with E-state index >= 15 is 0 Å². The van der Waals surface area contributed by atoms with E-state index in [0.29, 0.717) is 34.0 Å². The molecule has 2 fully saturated rings. The maximum absolute atomic E-state index is 13.5. The number of amides is 1. The summed E-state index contributed by atoms with van der Waals surface area (Å²) >= 11 is 6.16. The van der Waals surface area contributed by atoms with E-state index in [-0.39, 0.29) is 11.9 Å². The first-order valence-electron chi connectivity index (χ1n) is 9.49.